The molecular formula is C14H18Cl2N4. The van der Waals surface area contributed by atoms with Crippen molar-refractivity contribution in [3.8, 4) is 0 Å². The molecule has 1 heterocycles. The van der Waals surface area contributed by atoms with Crippen molar-refractivity contribution in [2.24, 2.45) is 11.7 Å². The Morgan fingerprint density at radius 1 is 1.25 bits per heavy atom. The molecule has 4 nitrogen and oxygen atoms in total. The molecule has 0 amide bonds. The molecule has 108 valence electrons. The van der Waals surface area contributed by atoms with Gasteiger partial charge in [-0.15, -0.1) is 5.10 Å². The average molecular weight is 313 g/mol. The van der Waals surface area contributed by atoms with Crippen LogP contribution in [0, 0.1) is 5.92 Å². The molecule has 1 aromatic heterocycles. The van der Waals surface area contributed by atoms with E-state index in [-0.39, 0.29) is 0 Å². The normalized spacial score (nSPS) is 11.3. The van der Waals surface area contributed by atoms with Gasteiger partial charge in [0.2, 0.25) is 0 Å². The summed E-state index contributed by atoms with van der Waals surface area (Å²) in [7, 11) is 0. The molecule has 0 atom stereocenters. The van der Waals surface area contributed by atoms with Crippen molar-refractivity contribution < 1.29 is 0 Å². The fourth-order valence-corrected chi connectivity index (χ4v) is 2.61. The van der Waals surface area contributed by atoms with E-state index in [9.17, 15) is 0 Å². The van der Waals surface area contributed by atoms with Gasteiger partial charge in [0.05, 0.1) is 17.9 Å². The van der Waals surface area contributed by atoms with Gasteiger partial charge in [-0.1, -0.05) is 48.3 Å². The minimum Gasteiger partial charge on any atom is -0.325 e. The second-order valence-electron chi connectivity index (χ2n) is 5.14. The Kier molecular flexibility index (Phi) is 5.02. The summed E-state index contributed by atoms with van der Waals surface area (Å²) in [6, 6.07) is 5.48. The van der Waals surface area contributed by atoms with E-state index in [1.54, 1.807) is 0 Å². The Morgan fingerprint density at radius 2 is 1.90 bits per heavy atom. The number of rotatable bonds is 5. The first-order valence-corrected chi connectivity index (χ1v) is 7.32. The quantitative estimate of drug-likeness (QED) is 0.921. The maximum absolute atomic E-state index is 6.21. The van der Waals surface area contributed by atoms with Gasteiger partial charge in [0.15, 0.2) is 0 Å². The number of halogens is 2. The van der Waals surface area contributed by atoms with Crippen LogP contribution in [0.3, 0.4) is 0 Å². The minimum absolute atomic E-state index is 0.387. The van der Waals surface area contributed by atoms with Crippen molar-refractivity contribution in [2.75, 3.05) is 0 Å². The number of benzene rings is 1. The van der Waals surface area contributed by atoms with Crippen molar-refractivity contribution >= 4 is 23.2 Å². The number of aromatic nitrogens is 3. The smallest absolute Gasteiger partial charge is 0.0994 e. The maximum Gasteiger partial charge on any atom is 0.0994 e. The van der Waals surface area contributed by atoms with Crippen LogP contribution in [0.2, 0.25) is 10.0 Å². The van der Waals surface area contributed by atoms with Crippen LogP contribution in [0.5, 0.6) is 0 Å². The summed E-state index contributed by atoms with van der Waals surface area (Å²) < 4.78 is 1.84. The number of hydrogen-bond donors (Lipinski definition) is 1. The fourth-order valence-electron chi connectivity index (χ4n) is 2.10. The van der Waals surface area contributed by atoms with Gasteiger partial charge >= 0.3 is 0 Å². The lowest BCUT2D eigenvalue weighted by molar-refractivity contribution is 0.563. The molecule has 0 radical (unpaired) electrons. The van der Waals surface area contributed by atoms with Gasteiger partial charge in [-0.2, -0.15) is 0 Å². The Balaban J connectivity index is 2.36. The molecule has 0 saturated carbocycles. The van der Waals surface area contributed by atoms with Crippen LogP contribution < -0.4 is 5.73 Å². The molecule has 20 heavy (non-hydrogen) atoms. The van der Waals surface area contributed by atoms with E-state index in [1.165, 1.54) is 0 Å². The van der Waals surface area contributed by atoms with Crippen LogP contribution in [-0.4, -0.2) is 15.0 Å². The molecule has 0 bridgehead atoms. The molecule has 6 heteroatoms. The average Bonchev–Trinajstić information content (AvgIpc) is 2.75. The van der Waals surface area contributed by atoms with Gasteiger partial charge in [0, 0.05) is 22.2 Å². The molecule has 2 rings (SSSR count). The van der Waals surface area contributed by atoms with Crippen LogP contribution in [-0.2, 0) is 19.5 Å². The summed E-state index contributed by atoms with van der Waals surface area (Å²) in [6.07, 6.45) is 0.877. The molecule has 0 aliphatic carbocycles. The van der Waals surface area contributed by atoms with E-state index in [2.05, 4.69) is 24.2 Å². The van der Waals surface area contributed by atoms with E-state index in [1.807, 2.05) is 22.9 Å². The Labute approximate surface area is 128 Å². The lowest BCUT2D eigenvalue weighted by Crippen LogP contribution is -2.12. The van der Waals surface area contributed by atoms with E-state index in [0.717, 1.165) is 23.4 Å². The topological polar surface area (TPSA) is 56.7 Å². The number of hydrogen-bond acceptors (Lipinski definition) is 3. The molecule has 0 spiro atoms. The highest BCUT2D eigenvalue weighted by atomic mass is 35.5. The molecule has 0 saturated heterocycles. The summed E-state index contributed by atoms with van der Waals surface area (Å²) in [5, 5.41) is 9.61. The minimum atomic E-state index is 0.387. The zero-order chi connectivity index (χ0) is 14.7. The first-order chi connectivity index (χ1) is 9.52. The molecule has 0 aliphatic heterocycles. The van der Waals surface area contributed by atoms with Gasteiger partial charge in [-0.3, -0.25) is 0 Å². The molecular weight excluding hydrogens is 295 g/mol. The summed E-state index contributed by atoms with van der Waals surface area (Å²) in [6.45, 7) is 5.20. The highest BCUT2D eigenvalue weighted by Crippen LogP contribution is 2.26. The largest absolute Gasteiger partial charge is 0.325 e. The monoisotopic (exact) mass is 312 g/mol. The predicted molar refractivity (Wildman–Crippen MR) is 82.0 cm³/mol. The van der Waals surface area contributed by atoms with Crippen LogP contribution in [0.1, 0.15) is 30.8 Å². The van der Waals surface area contributed by atoms with Crippen molar-refractivity contribution in [2.45, 2.75) is 33.4 Å². The zero-order valence-electron chi connectivity index (χ0n) is 11.6. The molecule has 1 aromatic carbocycles. The maximum atomic E-state index is 6.21. The first kappa shape index (κ1) is 15.3. The van der Waals surface area contributed by atoms with Crippen LogP contribution in [0.15, 0.2) is 18.2 Å². The lowest BCUT2D eigenvalue weighted by atomic mass is 10.1. The SMILES string of the molecule is CC(C)Cc1c(CN)nnn1Cc1c(Cl)cccc1Cl. The summed E-state index contributed by atoms with van der Waals surface area (Å²) in [5.74, 6) is 0.499. The lowest BCUT2D eigenvalue weighted by Gasteiger charge is -2.12. The van der Waals surface area contributed by atoms with Gasteiger partial charge in [-0.25, -0.2) is 4.68 Å². The summed E-state index contributed by atoms with van der Waals surface area (Å²) in [5.41, 5.74) is 8.47. The highest BCUT2D eigenvalue weighted by molar-refractivity contribution is 6.35. The number of nitrogens with two attached hydrogens (primary N) is 1. The summed E-state index contributed by atoms with van der Waals surface area (Å²) in [4.78, 5) is 0. The molecule has 2 N–H and O–H groups in total. The second-order valence-corrected chi connectivity index (χ2v) is 5.96. The van der Waals surface area contributed by atoms with Gasteiger partial charge in [-0.05, 0) is 24.5 Å². The van der Waals surface area contributed by atoms with E-state index >= 15 is 0 Å². The standard InChI is InChI=1S/C14H18Cl2N4/c1-9(2)6-14-13(7-17)18-19-20(14)8-10-11(15)4-3-5-12(10)16/h3-5,9H,6-8,17H2,1-2H3. The van der Waals surface area contributed by atoms with Gasteiger partial charge in [0.1, 0.15) is 0 Å². The molecule has 0 fully saturated rings. The van der Waals surface area contributed by atoms with Gasteiger partial charge < -0.3 is 5.73 Å². The van der Waals surface area contributed by atoms with Crippen molar-refractivity contribution in [3.63, 3.8) is 0 Å². The Bertz CT molecular complexity index is 573. The van der Waals surface area contributed by atoms with Crippen LogP contribution in [0.4, 0.5) is 0 Å². The third kappa shape index (κ3) is 3.32. The van der Waals surface area contributed by atoms with E-state index in [0.29, 0.717) is 29.1 Å². The summed E-state index contributed by atoms with van der Waals surface area (Å²) >= 11 is 12.4. The second kappa shape index (κ2) is 6.57. The van der Waals surface area contributed by atoms with Crippen molar-refractivity contribution in [1.29, 1.82) is 0 Å². The predicted octanol–water partition coefficient (Wildman–Crippen LogP) is 3.29. The first-order valence-electron chi connectivity index (χ1n) is 6.57. The third-order valence-corrected chi connectivity index (χ3v) is 3.79. The Morgan fingerprint density at radius 3 is 2.45 bits per heavy atom. The molecule has 2 aromatic rings. The third-order valence-electron chi connectivity index (χ3n) is 3.08. The van der Waals surface area contributed by atoms with Crippen LogP contribution >= 0.6 is 23.2 Å². The zero-order valence-corrected chi connectivity index (χ0v) is 13.1. The van der Waals surface area contributed by atoms with Gasteiger partial charge in [0.25, 0.3) is 0 Å². The van der Waals surface area contributed by atoms with Crippen molar-refractivity contribution in [1.82, 2.24) is 15.0 Å². The van der Waals surface area contributed by atoms with E-state index in [4.69, 9.17) is 28.9 Å². The van der Waals surface area contributed by atoms with Crippen molar-refractivity contribution in [3.05, 3.63) is 45.2 Å². The van der Waals surface area contributed by atoms with E-state index < -0.39 is 0 Å². The number of nitrogens with zero attached hydrogens (tertiary/aromatic N) is 3. The molecule has 0 aliphatic rings. The van der Waals surface area contributed by atoms with Crippen LogP contribution in [0.25, 0.3) is 0 Å². The Hall–Kier alpha value is -1.10. The highest BCUT2D eigenvalue weighted by Gasteiger charge is 2.15. The molecule has 0 unspecified atom stereocenters. The fraction of sp³-hybridized carbons (Fsp3) is 0.429.